The van der Waals surface area contributed by atoms with E-state index in [-0.39, 0.29) is 23.5 Å². The fourth-order valence-electron chi connectivity index (χ4n) is 3.29. The molecule has 1 aliphatic rings. The predicted octanol–water partition coefficient (Wildman–Crippen LogP) is 2.10. The van der Waals surface area contributed by atoms with E-state index in [1.54, 1.807) is 52.3 Å². The highest BCUT2D eigenvalue weighted by Gasteiger charge is 2.23. The van der Waals surface area contributed by atoms with Gasteiger partial charge in [-0.15, -0.1) is 0 Å². The van der Waals surface area contributed by atoms with Crippen molar-refractivity contribution in [2.24, 2.45) is 0 Å². The molecule has 1 aliphatic heterocycles. The maximum absolute atomic E-state index is 13.6. The average molecular weight is 397 g/mol. The van der Waals surface area contributed by atoms with Crippen molar-refractivity contribution in [3.05, 3.63) is 71.0 Å². The lowest BCUT2D eigenvalue weighted by Crippen LogP contribution is -2.50. The molecule has 2 aromatic carbocycles. The molecule has 29 heavy (non-hydrogen) atoms. The van der Waals surface area contributed by atoms with Crippen LogP contribution in [0, 0.1) is 5.82 Å². The van der Waals surface area contributed by atoms with E-state index in [0.717, 1.165) is 0 Å². The van der Waals surface area contributed by atoms with Crippen molar-refractivity contribution in [2.75, 3.05) is 32.7 Å². The zero-order chi connectivity index (χ0) is 20.8. The van der Waals surface area contributed by atoms with Gasteiger partial charge in [0, 0.05) is 50.8 Å². The Labute approximate surface area is 169 Å². The minimum absolute atomic E-state index is 0.0162. The summed E-state index contributed by atoms with van der Waals surface area (Å²) in [4.78, 5) is 39.7. The Morgan fingerprint density at radius 2 is 1.48 bits per heavy atom. The molecule has 0 saturated carbocycles. The van der Waals surface area contributed by atoms with Gasteiger partial charge in [-0.1, -0.05) is 18.2 Å². The summed E-state index contributed by atoms with van der Waals surface area (Å²) < 4.78 is 13.6. The summed E-state index contributed by atoms with van der Waals surface area (Å²) in [5, 5.41) is 2.76. The van der Waals surface area contributed by atoms with E-state index in [2.05, 4.69) is 5.32 Å². The van der Waals surface area contributed by atoms with Gasteiger partial charge in [-0.3, -0.25) is 14.4 Å². The van der Waals surface area contributed by atoms with Crippen molar-refractivity contribution < 1.29 is 18.8 Å². The highest BCUT2D eigenvalue weighted by atomic mass is 19.1. The van der Waals surface area contributed by atoms with Gasteiger partial charge in [-0.25, -0.2) is 4.39 Å². The van der Waals surface area contributed by atoms with Crippen LogP contribution < -0.4 is 5.32 Å². The van der Waals surface area contributed by atoms with Gasteiger partial charge in [0.25, 0.3) is 11.8 Å². The molecule has 0 aliphatic carbocycles. The van der Waals surface area contributed by atoms with E-state index < -0.39 is 0 Å². The number of halogens is 1. The molecule has 3 rings (SSSR count). The first-order chi connectivity index (χ1) is 14.0. The zero-order valence-corrected chi connectivity index (χ0v) is 16.4. The van der Waals surface area contributed by atoms with Crippen LogP contribution in [0.3, 0.4) is 0 Å². The number of rotatable bonds is 5. The van der Waals surface area contributed by atoms with E-state index in [0.29, 0.717) is 55.8 Å². The smallest absolute Gasteiger partial charge is 0.253 e. The van der Waals surface area contributed by atoms with Crippen LogP contribution in [0.25, 0.3) is 0 Å². The molecule has 7 heteroatoms. The van der Waals surface area contributed by atoms with Gasteiger partial charge >= 0.3 is 0 Å². The predicted molar refractivity (Wildman–Crippen MR) is 107 cm³/mol. The molecule has 0 spiro atoms. The second-order valence-electron chi connectivity index (χ2n) is 6.97. The lowest BCUT2D eigenvalue weighted by molar-refractivity contribution is -0.130. The van der Waals surface area contributed by atoms with E-state index in [4.69, 9.17) is 0 Å². The summed E-state index contributed by atoms with van der Waals surface area (Å²) in [6, 6.07) is 13.0. The van der Waals surface area contributed by atoms with Crippen molar-refractivity contribution >= 4 is 17.7 Å². The van der Waals surface area contributed by atoms with Crippen LogP contribution >= 0.6 is 0 Å². The molecule has 2 aromatic rings. The molecule has 152 valence electrons. The lowest BCUT2D eigenvalue weighted by Gasteiger charge is -2.34. The molecule has 0 atom stereocenters. The Bertz CT molecular complexity index is 890. The van der Waals surface area contributed by atoms with Crippen molar-refractivity contribution in [1.29, 1.82) is 0 Å². The van der Waals surface area contributed by atoms with Gasteiger partial charge < -0.3 is 15.1 Å². The molecule has 0 bridgehead atoms. The number of piperazine rings is 1. The summed E-state index contributed by atoms with van der Waals surface area (Å²) in [7, 11) is 0. The molecule has 0 aromatic heterocycles. The molecule has 0 radical (unpaired) electrons. The number of benzene rings is 2. The second-order valence-corrected chi connectivity index (χ2v) is 6.97. The Balaban J connectivity index is 1.51. The highest BCUT2D eigenvalue weighted by molar-refractivity contribution is 5.97. The van der Waals surface area contributed by atoms with Crippen LogP contribution in [0.4, 0.5) is 4.39 Å². The first-order valence-electron chi connectivity index (χ1n) is 9.62. The molecule has 3 amide bonds. The standard InChI is InChI=1S/C22H24FN3O3/c1-16(27)25-12-14-26(15-13-25)22(29)19-8-6-18(7-9-19)21(28)24-11-10-17-4-2-3-5-20(17)23/h2-9H,10-15H2,1H3,(H,24,28). The second kappa shape index (κ2) is 9.32. The fourth-order valence-corrected chi connectivity index (χ4v) is 3.29. The summed E-state index contributed by atoms with van der Waals surface area (Å²) >= 11 is 0. The molecule has 1 fully saturated rings. The summed E-state index contributed by atoms with van der Waals surface area (Å²) in [6.45, 7) is 3.90. The number of carbonyl (C=O) groups excluding carboxylic acids is 3. The Morgan fingerprint density at radius 1 is 0.897 bits per heavy atom. The molecule has 1 heterocycles. The fraction of sp³-hybridized carbons (Fsp3) is 0.318. The van der Waals surface area contributed by atoms with Crippen molar-refractivity contribution in [3.8, 4) is 0 Å². The van der Waals surface area contributed by atoms with Crippen LogP contribution in [0.15, 0.2) is 48.5 Å². The van der Waals surface area contributed by atoms with Gasteiger partial charge in [-0.2, -0.15) is 0 Å². The van der Waals surface area contributed by atoms with Crippen LogP contribution in [0.5, 0.6) is 0 Å². The minimum atomic E-state index is -0.284. The molecule has 6 nitrogen and oxygen atoms in total. The highest BCUT2D eigenvalue weighted by Crippen LogP contribution is 2.11. The summed E-state index contributed by atoms with van der Waals surface area (Å²) in [5.74, 6) is -0.647. The number of nitrogens with one attached hydrogen (secondary N) is 1. The van der Waals surface area contributed by atoms with Crippen molar-refractivity contribution in [3.63, 3.8) is 0 Å². The summed E-state index contributed by atoms with van der Waals surface area (Å²) in [5.41, 5.74) is 1.50. The largest absolute Gasteiger partial charge is 0.352 e. The Kier molecular flexibility index (Phi) is 6.59. The van der Waals surface area contributed by atoms with Gasteiger partial charge in [0.05, 0.1) is 0 Å². The summed E-state index contributed by atoms with van der Waals surface area (Å²) in [6.07, 6.45) is 0.404. The van der Waals surface area contributed by atoms with Gasteiger partial charge in [0.2, 0.25) is 5.91 Å². The first kappa shape index (κ1) is 20.5. The SMILES string of the molecule is CC(=O)N1CCN(C(=O)c2ccc(C(=O)NCCc3ccccc3F)cc2)CC1. The third-order valence-corrected chi connectivity index (χ3v) is 5.04. The van der Waals surface area contributed by atoms with Crippen LogP contribution in [-0.4, -0.2) is 60.2 Å². The number of hydrogen-bond acceptors (Lipinski definition) is 3. The minimum Gasteiger partial charge on any atom is -0.352 e. The lowest BCUT2D eigenvalue weighted by atomic mass is 10.1. The number of nitrogens with zero attached hydrogens (tertiary/aromatic N) is 2. The normalized spacial score (nSPS) is 13.9. The van der Waals surface area contributed by atoms with Crippen LogP contribution in [0.2, 0.25) is 0 Å². The third kappa shape index (κ3) is 5.19. The molecular formula is C22H24FN3O3. The van der Waals surface area contributed by atoms with E-state index in [1.807, 2.05) is 0 Å². The van der Waals surface area contributed by atoms with Crippen molar-refractivity contribution in [2.45, 2.75) is 13.3 Å². The van der Waals surface area contributed by atoms with Gasteiger partial charge in [0.15, 0.2) is 0 Å². The third-order valence-electron chi connectivity index (χ3n) is 5.04. The molecule has 1 N–H and O–H groups in total. The molecular weight excluding hydrogens is 373 g/mol. The maximum Gasteiger partial charge on any atom is 0.253 e. The first-order valence-corrected chi connectivity index (χ1v) is 9.62. The topological polar surface area (TPSA) is 69.7 Å². The average Bonchev–Trinajstić information content (AvgIpc) is 2.74. The van der Waals surface area contributed by atoms with Crippen LogP contribution in [0.1, 0.15) is 33.2 Å². The maximum atomic E-state index is 13.6. The van der Waals surface area contributed by atoms with Gasteiger partial charge in [0.1, 0.15) is 5.82 Å². The quantitative estimate of drug-likeness (QED) is 0.840. The Hall–Kier alpha value is -3.22. The zero-order valence-electron chi connectivity index (χ0n) is 16.4. The van der Waals surface area contributed by atoms with Gasteiger partial charge in [-0.05, 0) is 42.3 Å². The van der Waals surface area contributed by atoms with E-state index in [9.17, 15) is 18.8 Å². The number of carbonyl (C=O) groups is 3. The molecule has 1 saturated heterocycles. The van der Waals surface area contributed by atoms with E-state index in [1.165, 1.54) is 13.0 Å². The Morgan fingerprint density at radius 3 is 2.10 bits per heavy atom. The van der Waals surface area contributed by atoms with Crippen LogP contribution in [-0.2, 0) is 11.2 Å². The molecule has 0 unspecified atom stereocenters. The number of amides is 3. The number of hydrogen-bond donors (Lipinski definition) is 1. The van der Waals surface area contributed by atoms with E-state index >= 15 is 0 Å². The monoisotopic (exact) mass is 397 g/mol. The van der Waals surface area contributed by atoms with Crippen molar-refractivity contribution in [1.82, 2.24) is 15.1 Å².